The Kier molecular flexibility index (Phi) is 6.43. The summed E-state index contributed by atoms with van der Waals surface area (Å²) >= 11 is 0. The van der Waals surface area contributed by atoms with Crippen molar-refractivity contribution < 1.29 is 61.8 Å². The molecule has 0 N–H and O–H groups in total. The van der Waals surface area contributed by atoms with Gasteiger partial charge in [-0.2, -0.15) is 57.1 Å². The van der Waals surface area contributed by atoms with Gasteiger partial charge < -0.3 is 4.74 Å². The second kappa shape index (κ2) is 7.42. The van der Waals surface area contributed by atoms with Crippen molar-refractivity contribution in [2.24, 2.45) is 0 Å². The van der Waals surface area contributed by atoms with Crippen LogP contribution in [0.1, 0.15) is 12.0 Å². The molecular formula is C15H11F13O. The van der Waals surface area contributed by atoms with Gasteiger partial charge >= 0.3 is 35.8 Å². The van der Waals surface area contributed by atoms with Crippen LogP contribution in [0, 0.1) is 0 Å². The maximum absolute atomic E-state index is 13.6. The molecule has 168 valence electrons. The van der Waals surface area contributed by atoms with Crippen molar-refractivity contribution in [2.75, 3.05) is 7.11 Å². The summed E-state index contributed by atoms with van der Waals surface area (Å²) in [4.78, 5) is 0. The SMILES string of the molecule is COc1ccc(CCC(F)(F)C(F)(F)C(F)(F)C(F)(F)C(F)(F)C(F)(F)F)cc1. The quantitative estimate of drug-likeness (QED) is 0.415. The van der Waals surface area contributed by atoms with Gasteiger partial charge in [0.2, 0.25) is 0 Å². The van der Waals surface area contributed by atoms with Crippen LogP contribution < -0.4 is 4.74 Å². The van der Waals surface area contributed by atoms with Crippen molar-refractivity contribution in [1.29, 1.82) is 0 Å². The van der Waals surface area contributed by atoms with Crippen LogP contribution in [-0.4, -0.2) is 42.9 Å². The van der Waals surface area contributed by atoms with E-state index in [1.54, 1.807) is 0 Å². The van der Waals surface area contributed by atoms with Gasteiger partial charge in [0.05, 0.1) is 7.11 Å². The third-order valence-corrected chi connectivity index (χ3v) is 3.89. The van der Waals surface area contributed by atoms with Gasteiger partial charge in [0.1, 0.15) is 5.75 Å². The molecule has 0 aromatic heterocycles. The van der Waals surface area contributed by atoms with Crippen LogP contribution in [0.15, 0.2) is 24.3 Å². The van der Waals surface area contributed by atoms with Gasteiger partial charge in [0, 0.05) is 6.42 Å². The predicted octanol–water partition coefficient (Wildman–Crippen LogP) is 6.37. The lowest BCUT2D eigenvalue weighted by Crippen LogP contribution is -2.70. The maximum atomic E-state index is 13.6. The summed E-state index contributed by atoms with van der Waals surface area (Å²) in [5.41, 5.74) is -0.183. The molecular weight excluding hydrogens is 443 g/mol. The molecule has 0 aliphatic carbocycles. The fraction of sp³-hybridized carbons (Fsp3) is 0.600. The van der Waals surface area contributed by atoms with Crippen molar-refractivity contribution in [3.8, 4) is 5.75 Å². The first kappa shape index (κ1) is 25.1. The van der Waals surface area contributed by atoms with E-state index in [0.29, 0.717) is 0 Å². The average Bonchev–Trinajstić information content (AvgIpc) is 2.58. The average molecular weight is 454 g/mol. The minimum atomic E-state index is -7.87. The molecule has 0 saturated heterocycles. The normalized spacial score (nSPS) is 14.8. The van der Waals surface area contributed by atoms with E-state index in [9.17, 15) is 57.1 Å². The first-order valence-corrected chi connectivity index (χ1v) is 7.35. The summed E-state index contributed by atoms with van der Waals surface area (Å²) in [6, 6.07) is 4.35. The predicted molar refractivity (Wildman–Crippen MR) is 72.1 cm³/mol. The zero-order chi connectivity index (χ0) is 23.1. The summed E-state index contributed by atoms with van der Waals surface area (Å²) in [6.07, 6.45) is -10.8. The molecule has 0 amide bonds. The summed E-state index contributed by atoms with van der Waals surface area (Å²) in [5.74, 6) is -36.5. The van der Waals surface area contributed by atoms with Crippen LogP contribution in [0.2, 0.25) is 0 Å². The van der Waals surface area contributed by atoms with E-state index in [1.165, 1.54) is 7.11 Å². The monoisotopic (exact) mass is 454 g/mol. The van der Waals surface area contributed by atoms with Gasteiger partial charge in [-0.1, -0.05) is 12.1 Å². The minimum Gasteiger partial charge on any atom is -0.497 e. The number of alkyl halides is 13. The topological polar surface area (TPSA) is 9.23 Å². The molecule has 1 rings (SSSR count). The largest absolute Gasteiger partial charge is 0.497 e. The molecule has 0 spiro atoms. The Hall–Kier alpha value is -1.89. The van der Waals surface area contributed by atoms with Crippen LogP contribution in [-0.2, 0) is 6.42 Å². The molecule has 0 aliphatic rings. The molecule has 0 fully saturated rings. The highest BCUT2D eigenvalue weighted by Gasteiger charge is 2.90. The Morgan fingerprint density at radius 1 is 0.621 bits per heavy atom. The molecule has 0 aliphatic heterocycles. The smallest absolute Gasteiger partial charge is 0.460 e. The van der Waals surface area contributed by atoms with Crippen molar-refractivity contribution in [3.05, 3.63) is 29.8 Å². The molecule has 14 heteroatoms. The standard InChI is InChI=1S/C15H11F13O/c1-29-9-4-2-8(3-5-9)6-7-10(16,17)11(18,19)12(20,21)13(22,23)14(24,25)15(26,27)28/h2-5H,6-7H2,1H3. The van der Waals surface area contributed by atoms with E-state index in [4.69, 9.17) is 4.74 Å². The fourth-order valence-corrected chi connectivity index (χ4v) is 2.05. The number of hydrogen-bond donors (Lipinski definition) is 0. The third-order valence-electron chi connectivity index (χ3n) is 3.89. The van der Waals surface area contributed by atoms with Gasteiger partial charge in [-0.3, -0.25) is 0 Å². The van der Waals surface area contributed by atoms with E-state index in [0.717, 1.165) is 24.3 Å². The van der Waals surface area contributed by atoms with Crippen molar-refractivity contribution in [2.45, 2.75) is 48.6 Å². The molecule has 1 nitrogen and oxygen atoms in total. The number of halogens is 13. The van der Waals surface area contributed by atoms with E-state index < -0.39 is 48.6 Å². The van der Waals surface area contributed by atoms with Gasteiger partial charge in [0.25, 0.3) is 0 Å². The summed E-state index contributed by atoms with van der Waals surface area (Å²) in [7, 11) is 1.21. The van der Waals surface area contributed by atoms with Crippen LogP contribution in [0.4, 0.5) is 57.1 Å². The van der Waals surface area contributed by atoms with Crippen LogP contribution in [0.3, 0.4) is 0 Å². The van der Waals surface area contributed by atoms with Crippen LogP contribution in [0.25, 0.3) is 0 Å². The first-order valence-electron chi connectivity index (χ1n) is 7.35. The van der Waals surface area contributed by atoms with Crippen molar-refractivity contribution in [1.82, 2.24) is 0 Å². The highest BCUT2D eigenvalue weighted by atomic mass is 19.4. The number of aryl methyl sites for hydroxylation is 1. The molecule has 0 unspecified atom stereocenters. The Balaban J connectivity index is 3.20. The zero-order valence-corrected chi connectivity index (χ0v) is 14.0. The Labute approximate surface area is 154 Å². The zero-order valence-electron chi connectivity index (χ0n) is 14.0. The molecule has 0 saturated carbocycles. The van der Waals surface area contributed by atoms with Crippen LogP contribution >= 0.6 is 0 Å². The fourth-order valence-electron chi connectivity index (χ4n) is 2.05. The van der Waals surface area contributed by atoms with E-state index in [2.05, 4.69) is 0 Å². The molecule has 0 heterocycles. The van der Waals surface area contributed by atoms with Gasteiger partial charge in [-0.05, 0) is 24.1 Å². The molecule has 1 aromatic rings. The van der Waals surface area contributed by atoms with Gasteiger partial charge in [0.15, 0.2) is 0 Å². The van der Waals surface area contributed by atoms with Gasteiger partial charge in [-0.15, -0.1) is 0 Å². The number of ether oxygens (including phenoxy) is 1. The summed E-state index contributed by atoms with van der Waals surface area (Å²) < 4.78 is 173. The Bertz CT molecular complexity index is 691. The lowest BCUT2D eigenvalue weighted by Gasteiger charge is -2.39. The van der Waals surface area contributed by atoms with E-state index in [-0.39, 0.29) is 11.3 Å². The third kappa shape index (κ3) is 4.06. The van der Waals surface area contributed by atoms with Crippen LogP contribution in [0.5, 0.6) is 5.75 Å². The second-order valence-corrected chi connectivity index (χ2v) is 5.85. The number of rotatable bonds is 8. The lowest BCUT2D eigenvalue weighted by atomic mass is 9.91. The minimum absolute atomic E-state index is 0.183. The number of hydrogen-bond acceptors (Lipinski definition) is 1. The van der Waals surface area contributed by atoms with Gasteiger partial charge in [-0.25, -0.2) is 0 Å². The Morgan fingerprint density at radius 2 is 1.03 bits per heavy atom. The summed E-state index contributed by atoms with van der Waals surface area (Å²) in [6.45, 7) is 0. The van der Waals surface area contributed by atoms with Crippen molar-refractivity contribution in [3.63, 3.8) is 0 Å². The molecule has 1 aromatic carbocycles. The lowest BCUT2D eigenvalue weighted by molar-refractivity contribution is -0.440. The maximum Gasteiger partial charge on any atom is 0.460 e. The highest BCUT2D eigenvalue weighted by molar-refractivity contribution is 5.27. The molecule has 0 radical (unpaired) electrons. The van der Waals surface area contributed by atoms with Crippen molar-refractivity contribution >= 4 is 0 Å². The van der Waals surface area contributed by atoms with E-state index >= 15 is 0 Å². The number of benzene rings is 1. The Morgan fingerprint density at radius 3 is 1.41 bits per heavy atom. The molecule has 0 atom stereocenters. The number of methoxy groups -OCH3 is 1. The molecule has 0 bridgehead atoms. The first-order chi connectivity index (χ1) is 12.8. The highest BCUT2D eigenvalue weighted by Crippen LogP contribution is 2.60. The summed E-state index contributed by atoms with van der Waals surface area (Å²) in [5, 5.41) is 0. The molecule has 29 heavy (non-hydrogen) atoms. The second-order valence-electron chi connectivity index (χ2n) is 5.85. The van der Waals surface area contributed by atoms with E-state index in [1.807, 2.05) is 0 Å².